The van der Waals surface area contributed by atoms with Crippen molar-refractivity contribution in [1.82, 2.24) is 9.78 Å². The first-order valence-electron chi connectivity index (χ1n) is 10.3. The van der Waals surface area contributed by atoms with E-state index in [0.717, 1.165) is 5.56 Å². The topological polar surface area (TPSA) is 109 Å². The molecule has 0 aliphatic carbocycles. The van der Waals surface area contributed by atoms with Crippen LogP contribution in [0.3, 0.4) is 0 Å². The highest BCUT2D eigenvalue weighted by Gasteiger charge is 2.32. The van der Waals surface area contributed by atoms with Crippen molar-refractivity contribution < 1.29 is 27.4 Å². The molecule has 1 aliphatic rings. The van der Waals surface area contributed by atoms with Gasteiger partial charge >= 0.3 is 0 Å². The maximum atomic E-state index is 13.0. The summed E-state index contributed by atoms with van der Waals surface area (Å²) in [4.78, 5) is 13.0. The number of carbonyl (C=O) groups is 1. The largest absolute Gasteiger partial charge is 0.497 e. The lowest BCUT2D eigenvalue weighted by Crippen LogP contribution is -2.16. The monoisotopic (exact) mass is 471 g/mol. The van der Waals surface area contributed by atoms with Crippen LogP contribution in [-0.2, 0) is 9.84 Å². The zero-order chi connectivity index (χ0) is 23.6. The normalized spacial score (nSPS) is 16.9. The lowest BCUT2D eigenvalue weighted by Gasteiger charge is -2.13. The number of methoxy groups -OCH3 is 3. The Kier molecular flexibility index (Phi) is 6.28. The van der Waals surface area contributed by atoms with Gasteiger partial charge in [-0.2, -0.15) is 5.10 Å². The minimum Gasteiger partial charge on any atom is -0.497 e. The van der Waals surface area contributed by atoms with E-state index < -0.39 is 15.7 Å². The van der Waals surface area contributed by atoms with E-state index in [1.807, 2.05) is 12.1 Å². The third-order valence-electron chi connectivity index (χ3n) is 5.55. The zero-order valence-corrected chi connectivity index (χ0v) is 19.4. The van der Waals surface area contributed by atoms with Crippen molar-refractivity contribution in [3.63, 3.8) is 0 Å². The number of anilines is 1. The van der Waals surface area contributed by atoms with Gasteiger partial charge in [0, 0.05) is 17.3 Å². The SMILES string of the molecule is COc1ccc(-c2cc(C(=O)Nc3ccc(OC)c(OC)c3)nn2[C@@H]2CCS(=O)(=O)C2)cc1. The van der Waals surface area contributed by atoms with Gasteiger partial charge in [0.25, 0.3) is 5.91 Å². The zero-order valence-electron chi connectivity index (χ0n) is 18.6. The van der Waals surface area contributed by atoms with E-state index in [2.05, 4.69) is 10.4 Å². The number of nitrogens with zero attached hydrogens (tertiary/aromatic N) is 2. The maximum absolute atomic E-state index is 13.0. The van der Waals surface area contributed by atoms with E-state index in [9.17, 15) is 13.2 Å². The van der Waals surface area contributed by atoms with Crippen LogP contribution in [-0.4, -0.2) is 56.9 Å². The fourth-order valence-electron chi connectivity index (χ4n) is 3.84. The van der Waals surface area contributed by atoms with Gasteiger partial charge in [0.15, 0.2) is 27.0 Å². The second-order valence-electron chi connectivity index (χ2n) is 7.67. The molecule has 1 atom stereocenters. The van der Waals surface area contributed by atoms with E-state index in [0.29, 0.717) is 35.1 Å². The van der Waals surface area contributed by atoms with Crippen molar-refractivity contribution in [3.8, 4) is 28.5 Å². The Hall–Kier alpha value is -3.53. The number of benzene rings is 2. The number of carbonyl (C=O) groups excluding carboxylic acids is 1. The molecule has 1 aromatic heterocycles. The van der Waals surface area contributed by atoms with E-state index in [4.69, 9.17) is 14.2 Å². The molecule has 1 amide bonds. The number of ether oxygens (including phenoxy) is 3. The number of nitrogens with one attached hydrogen (secondary N) is 1. The summed E-state index contributed by atoms with van der Waals surface area (Å²) in [6.45, 7) is 0. The summed E-state index contributed by atoms with van der Waals surface area (Å²) in [5.74, 6) is 1.40. The molecule has 0 unspecified atom stereocenters. The summed E-state index contributed by atoms with van der Waals surface area (Å²) in [7, 11) is 1.50. The smallest absolute Gasteiger partial charge is 0.276 e. The first-order valence-corrected chi connectivity index (χ1v) is 12.1. The highest BCUT2D eigenvalue weighted by Crippen LogP contribution is 2.32. The predicted molar refractivity (Wildman–Crippen MR) is 124 cm³/mol. The van der Waals surface area contributed by atoms with Gasteiger partial charge in [0.2, 0.25) is 0 Å². The molecular weight excluding hydrogens is 446 g/mol. The highest BCUT2D eigenvalue weighted by atomic mass is 32.2. The molecule has 9 nitrogen and oxygen atoms in total. The Balaban J connectivity index is 1.67. The molecule has 0 radical (unpaired) electrons. The van der Waals surface area contributed by atoms with Crippen LogP contribution in [0.25, 0.3) is 11.3 Å². The summed E-state index contributed by atoms with van der Waals surface area (Å²) in [6.07, 6.45) is 0.448. The Morgan fingerprint density at radius 3 is 2.33 bits per heavy atom. The molecule has 33 heavy (non-hydrogen) atoms. The van der Waals surface area contributed by atoms with Crippen LogP contribution in [0.4, 0.5) is 5.69 Å². The van der Waals surface area contributed by atoms with Crippen molar-refractivity contribution in [2.45, 2.75) is 12.5 Å². The lowest BCUT2D eigenvalue weighted by molar-refractivity contribution is 0.102. The van der Waals surface area contributed by atoms with Crippen LogP contribution in [0.1, 0.15) is 23.0 Å². The fourth-order valence-corrected chi connectivity index (χ4v) is 5.53. The van der Waals surface area contributed by atoms with Crippen molar-refractivity contribution in [3.05, 3.63) is 54.2 Å². The van der Waals surface area contributed by atoms with Gasteiger partial charge in [0.1, 0.15) is 5.75 Å². The van der Waals surface area contributed by atoms with Gasteiger partial charge in [-0.3, -0.25) is 9.48 Å². The number of rotatable bonds is 7. The molecule has 174 valence electrons. The standard InChI is InChI=1S/C23H25N3O6S/c1-30-18-7-4-15(5-8-18)20-13-19(25-26(20)17-10-11-33(28,29)14-17)23(27)24-16-6-9-21(31-2)22(12-16)32-3/h4-9,12-13,17H,10-11,14H2,1-3H3,(H,24,27)/t17-/m1/s1. The second-order valence-corrected chi connectivity index (χ2v) is 9.90. The van der Waals surface area contributed by atoms with Gasteiger partial charge in [-0.15, -0.1) is 0 Å². The molecule has 2 aromatic carbocycles. The summed E-state index contributed by atoms with van der Waals surface area (Å²) >= 11 is 0. The molecule has 2 heterocycles. The quantitative estimate of drug-likeness (QED) is 0.564. The Morgan fingerprint density at radius 2 is 1.73 bits per heavy atom. The van der Waals surface area contributed by atoms with E-state index in [1.54, 1.807) is 48.2 Å². The summed E-state index contributed by atoms with van der Waals surface area (Å²) in [6, 6.07) is 13.7. The minimum atomic E-state index is -3.13. The number of amides is 1. The average molecular weight is 472 g/mol. The third kappa shape index (κ3) is 4.80. The van der Waals surface area contributed by atoms with Crippen molar-refractivity contribution in [1.29, 1.82) is 0 Å². The van der Waals surface area contributed by atoms with Gasteiger partial charge in [0.05, 0.1) is 44.6 Å². The van der Waals surface area contributed by atoms with E-state index in [-0.39, 0.29) is 23.2 Å². The van der Waals surface area contributed by atoms with Crippen molar-refractivity contribution in [2.75, 3.05) is 38.2 Å². The first-order chi connectivity index (χ1) is 15.8. The molecule has 10 heteroatoms. The third-order valence-corrected chi connectivity index (χ3v) is 7.30. The van der Waals surface area contributed by atoms with Gasteiger partial charge in [-0.1, -0.05) is 0 Å². The van der Waals surface area contributed by atoms with Crippen LogP contribution in [0, 0.1) is 0 Å². The van der Waals surface area contributed by atoms with Crippen LogP contribution < -0.4 is 19.5 Å². The summed E-state index contributed by atoms with van der Waals surface area (Å²) in [5.41, 5.74) is 2.16. The van der Waals surface area contributed by atoms with Crippen LogP contribution in [0.2, 0.25) is 0 Å². The van der Waals surface area contributed by atoms with Gasteiger partial charge in [-0.25, -0.2) is 8.42 Å². The molecule has 1 N–H and O–H groups in total. The number of sulfone groups is 1. The lowest BCUT2D eigenvalue weighted by atomic mass is 10.1. The predicted octanol–water partition coefficient (Wildman–Crippen LogP) is 3.19. The molecule has 1 fully saturated rings. The second kappa shape index (κ2) is 9.14. The Morgan fingerprint density at radius 1 is 1.00 bits per heavy atom. The van der Waals surface area contributed by atoms with Gasteiger partial charge in [-0.05, 0) is 48.9 Å². The molecule has 1 aliphatic heterocycles. The molecule has 0 saturated carbocycles. The molecule has 4 rings (SSSR count). The molecule has 1 saturated heterocycles. The molecule has 3 aromatic rings. The molecule has 0 bridgehead atoms. The van der Waals surface area contributed by atoms with Crippen LogP contribution >= 0.6 is 0 Å². The van der Waals surface area contributed by atoms with Crippen LogP contribution in [0.15, 0.2) is 48.5 Å². The van der Waals surface area contributed by atoms with Crippen molar-refractivity contribution in [2.24, 2.45) is 0 Å². The first kappa shape index (κ1) is 22.7. The summed E-state index contributed by atoms with van der Waals surface area (Å²) < 4.78 is 41.5. The average Bonchev–Trinajstić information content (AvgIpc) is 3.42. The number of aromatic nitrogens is 2. The number of hydrogen-bond acceptors (Lipinski definition) is 7. The summed E-state index contributed by atoms with van der Waals surface area (Å²) in [5, 5.41) is 7.31. The Labute approximate surface area is 192 Å². The van der Waals surface area contributed by atoms with Gasteiger partial charge < -0.3 is 19.5 Å². The van der Waals surface area contributed by atoms with E-state index in [1.165, 1.54) is 14.2 Å². The molecular formula is C23H25N3O6S. The highest BCUT2D eigenvalue weighted by molar-refractivity contribution is 7.91. The van der Waals surface area contributed by atoms with Crippen molar-refractivity contribution >= 4 is 21.4 Å². The fraction of sp³-hybridized carbons (Fsp3) is 0.304. The molecule has 0 spiro atoms. The Bertz CT molecular complexity index is 1270. The number of hydrogen-bond donors (Lipinski definition) is 1. The maximum Gasteiger partial charge on any atom is 0.276 e. The minimum absolute atomic E-state index is 0.00538. The van der Waals surface area contributed by atoms with Crippen LogP contribution in [0.5, 0.6) is 17.2 Å². The van der Waals surface area contributed by atoms with E-state index >= 15 is 0 Å².